The monoisotopic (exact) mass is 239 g/mol. The number of ether oxygens (including phenoxy) is 2. The maximum Gasteiger partial charge on any atom is 0.322 e. The molecule has 2 atom stereocenters. The average molecular weight is 239 g/mol. The van der Waals surface area contributed by atoms with Crippen LogP contribution in [-0.4, -0.2) is 47.4 Å². The minimum absolute atomic E-state index is 0.148. The first kappa shape index (κ1) is 11.8. The van der Waals surface area contributed by atoms with E-state index in [1.807, 2.05) is 6.92 Å². The van der Waals surface area contributed by atoms with Crippen molar-refractivity contribution in [2.45, 2.75) is 26.0 Å². The highest BCUT2D eigenvalue weighted by molar-refractivity contribution is 5.37. The highest BCUT2D eigenvalue weighted by Crippen LogP contribution is 2.20. The Kier molecular flexibility index (Phi) is 3.28. The number of morpholine rings is 1. The van der Waals surface area contributed by atoms with Crippen LogP contribution in [0, 0.1) is 0 Å². The summed E-state index contributed by atoms with van der Waals surface area (Å²) in [5.74, 6) is 0.704. The highest BCUT2D eigenvalue weighted by atomic mass is 16.5. The van der Waals surface area contributed by atoms with Gasteiger partial charge < -0.3 is 20.1 Å². The Morgan fingerprint density at radius 1 is 1.35 bits per heavy atom. The van der Waals surface area contributed by atoms with Gasteiger partial charge in [0, 0.05) is 6.54 Å². The van der Waals surface area contributed by atoms with Crippen molar-refractivity contribution in [2.75, 3.05) is 30.9 Å². The summed E-state index contributed by atoms with van der Waals surface area (Å²) in [5, 5.41) is 0. The smallest absolute Gasteiger partial charge is 0.322 e. The third-order valence-corrected chi connectivity index (χ3v) is 2.67. The second-order valence-corrected chi connectivity index (χ2v) is 4.13. The molecule has 0 amide bonds. The quantitative estimate of drug-likeness (QED) is 0.781. The molecule has 1 fully saturated rings. The number of hydrogen-bond acceptors (Lipinski definition) is 7. The molecule has 0 bridgehead atoms. The molecular weight excluding hydrogens is 222 g/mol. The zero-order valence-electron chi connectivity index (χ0n) is 10.3. The van der Waals surface area contributed by atoms with E-state index in [9.17, 15) is 0 Å². The zero-order valence-corrected chi connectivity index (χ0v) is 10.3. The van der Waals surface area contributed by atoms with Gasteiger partial charge in [-0.1, -0.05) is 0 Å². The Balaban J connectivity index is 2.28. The van der Waals surface area contributed by atoms with Gasteiger partial charge in [0.25, 0.3) is 0 Å². The van der Waals surface area contributed by atoms with Gasteiger partial charge in [0.15, 0.2) is 0 Å². The van der Waals surface area contributed by atoms with Crippen molar-refractivity contribution in [2.24, 2.45) is 0 Å². The molecule has 0 aromatic carbocycles. The van der Waals surface area contributed by atoms with E-state index in [-0.39, 0.29) is 24.1 Å². The van der Waals surface area contributed by atoms with E-state index in [0.717, 1.165) is 6.54 Å². The van der Waals surface area contributed by atoms with E-state index in [1.165, 1.54) is 7.11 Å². The van der Waals surface area contributed by atoms with Gasteiger partial charge in [-0.2, -0.15) is 15.0 Å². The standard InChI is InChI=1S/C10H17N5O2/c1-6-5-17-7(2)4-15(6)9-12-8(11)13-10(14-9)16-3/h6-7H,4-5H2,1-3H3,(H2,11,12,13,14). The molecule has 1 aromatic heterocycles. The molecule has 0 saturated carbocycles. The molecule has 1 aliphatic heterocycles. The summed E-state index contributed by atoms with van der Waals surface area (Å²) < 4.78 is 10.5. The molecular formula is C10H17N5O2. The fourth-order valence-corrected chi connectivity index (χ4v) is 1.76. The number of nitrogens with two attached hydrogens (primary N) is 1. The van der Waals surface area contributed by atoms with Gasteiger partial charge in [0.2, 0.25) is 11.9 Å². The van der Waals surface area contributed by atoms with Crippen molar-refractivity contribution in [3.8, 4) is 6.01 Å². The van der Waals surface area contributed by atoms with Crippen LogP contribution in [0.4, 0.5) is 11.9 Å². The van der Waals surface area contributed by atoms with Gasteiger partial charge in [0.1, 0.15) is 0 Å². The van der Waals surface area contributed by atoms with E-state index in [2.05, 4.69) is 26.8 Å². The second-order valence-electron chi connectivity index (χ2n) is 4.13. The van der Waals surface area contributed by atoms with Crippen LogP contribution in [0.5, 0.6) is 6.01 Å². The first-order valence-corrected chi connectivity index (χ1v) is 5.54. The number of nitrogen functional groups attached to an aromatic ring is 1. The third-order valence-electron chi connectivity index (χ3n) is 2.67. The lowest BCUT2D eigenvalue weighted by Crippen LogP contribution is -2.48. The molecule has 7 nitrogen and oxygen atoms in total. The van der Waals surface area contributed by atoms with Crippen molar-refractivity contribution >= 4 is 11.9 Å². The van der Waals surface area contributed by atoms with Crippen molar-refractivity contribution < 1.29 is 9.47 Å². The number of methoxy groups -OCH3 is 1. The molecule has 2 N–H and O–H groups in total. The first-order valence-electron chi connectivity index (χ1n) is 5.54. The Labute approximate surface area is 100.0 Å². The van der Waals surface area contributed by atoms with E-state index < -0.39 is 0 Å². The van der Waals surface area contributed by atoms with Crippen LogP contribution in [0.2, 0.25) is 0 Å². The number of anilines is 2. The van der Waals surface area contributed by atoms with Crippen LogP contribution >= 0.6 is 0 Å². The molecule has 2 heterocycles. The van der Waals surface area contributed by atoms with Crippen molar-refractivity contribution in [3.05, 3.63) is 0 Å². The summed E-state index contributed by atoms with van der Waals surface area (Å²) in [6, 6.07) is 0.441. The van der Waals surface area contributed by atoms with Gasteiger partial charge >= 0.3 is 6.01 Å². The lowest BCUT2D eigenvalue weighted by atomic mass is 10.2. The van der Waals surface area contributed by atoms with Crippen molar-refractivity contribution in [1.29, 1.82) is 0 Å². The average Bonchev–Trinajstić information content (AvgIpc) is 2.31. The van der Waals surface area contributed by atoms with Crippen molar-refractivity contribution in [3.63, 3.8) is 0 Å². The van der Waals surface area contributed by atoms with Crippen LogP contribution in [0.3, 0.4) is 0 Å². The first-order chi connectivity index (χ1) is 8.10. The molecule has 1 saturated heterocycles. The molecule has 94 valence electrons. The maximum atomic E-state index is 5.62. The summed E-state index contributed by atoms with van der Waals surface area (Å²) in [7, 11) is 1.50. The van der Waals surface area contributed by atoms with E-state index >= 15 is 0 Å². The minimum Gasteiger partial charge on any atom is -0.467 e. The Morgan fingerprint density at radius 2 is 2.12 bits per heavy atom. The molecule has 0 radical (unpaired) electrons. The summed E-state index contributed by atoms with van der Waals surface area (Å²) in [4.78, 5) is 14.3. The van der Waals surface area contributed by atoms with Gasteiger partial charge in [-0.15, -0.1) is 0 Å². The highest BCUT2D eigenvalue weighted by Gasteiger charge is 2.26. The molecule has 2 unspecified atom stereocenters. The molecule has 1 aliphatic rings. The summed E-state index contributed by atoms with van der Waals surface area (Å²) in [6.45, 7) is 5.45. The van der Waals surface area contributed by atoms with Crippen LogP contribution in [-0.2, 0) is 4.74 Å². The SMILES string of the molecule is COc1nc(N)nc(N2CC(C)OCC2C)n1. The Morgan fingerprint density at radius 3 is 2.82 bits per heavy atom. The number of rotatable bonds is 2. The third kappa shape index (κ3) is 2.55. The van der Waals surface area contributed by atoms with Crippen LogP contribution in [0.1, 0.15) is 13.8 Å². The summed E-state index contributed by atoms with van der Waals surface area (Å²) >= 11 is 0. The van der Waals surface area contributed by atoms with Crippen LogP contribution < -0.4 is 15.4 Å². The number of nitrogens with zero attached hydrogens (tertiary/aromatic N) is 4. The maximum absolute atomic E-state index is 5.62. The lowest BCUT2D eigenvalue weighted by Gasteiger charge is -2.36. The second kappa shape index (κ2) is 4.70. The van der Waals surface area contributed by atoms with Gasteiger partial charge in [-0.05, 0) is 13.8 Å². The minimum atomic E-state index is 0.148. The topological polar surface area (TPSA) is 86.4 Å². The summed E-state index contributed by atoms with van der Waals surface area (Å²) in [6.07, 6.45) is 0.148. The van der Waals surface area contributed by atoms with Gasteiger partial charge in [0.05, 0.1) is 25.9 Å². The summed E-state index contributed by atoms with van der Waals surface area (Å²) in [5.41, 5.74) is 5.62. The fraction of sp³-hybridized carbons (Fsp3) is 0.700. The molecule has 0 aliphatic carbocycles. The normalized spacial score (nSPS) is 24.8. The predicted molar refractivity (Wildman–Crippen MR) is 63.0 cm³/mol. The Bertz CT molecular complexity index is 400. The Hall–Kier alpha value is -1.63. The van der Waals surface area contributed by atoms with E-state index in [1.54, 1.807) is 0 Å². The lowest BCUT2D eigenvalue weighted by molar-refractivity contribution is 0.0336. The molecule has 0 spiro atoms. The van der Waals surface area contributed by atoms with E-state index in [0.29, 0.717) is 12.6 Å². The molecule has 17 heavy (non-hydrogen) atoms. The largest absolute Gasteiger partial charge is 0.467 e. The predicted octanol–water partition coefficient (Wildman–Crippen LogP) is 0.0760. The number of hydrogen-bond donors (Lipinski definition) is 1. The zero-order chi connectivity index (χ0) is 12.4. The molecule has 7 heteroatoms. The van der Waals surface area contributed by atoms with E-state index in [4.69, 9.17) is 15.2 Å². The van der Waals surface area contributed by atoms with Gasteiger partial charge in [-0.25, -0.2) is 0 Å². The fourth-order valence-electron chi connectivity index (χ4n) is 1.76. The van der Waals surface area contributed by atoms with Gasteiger partial charge in [-0.3, -0.25) is 0 Å². The van der Waals surface area contributed by atoms with Crippen LogP contribution in [0.15, 0.2) is 0 Å². The molecule has 1 aromatic rings. The van der Waals surface area contributed by atoms with Crippen LogP contribution in [0.25, 0.3) is 0 Å². The van der Waals surface area contributed by atoms with Crippen molar-refractivity contribution in [1.82, 2.24) is 15.0 Å². The number of aromatic nitrogens is 3. The molecule has 2 rings (SSSR count).